The second kappa shape index (κ2) is 5.43. The van der Waals surface area contributed by atoms with Gasteiger partial charge in [0.25, 0.3) is 0 Å². The molecule has 0 aromatic heterocycles. The number of morpholine rings is 1. The highest BCUT2D eigenvalue weighted by Crippen LogP contribution is 2.09. The Kier molecular flexibility index (Phi) is 3.92. The average molecular weight is 233 g/mol. The van der Waals surface area contributed by atoms with E-state index in [1.54, 1.807) is 0 Å². The number of aryl methyl sites for hydroxylation is 1. The summed E-state index contributed by atoms with van der Waals surface area (Å²) in [6.07, 6.45) is 0.231. The Balaban J connectivity index is 1.97. The number of benzene rings is 1. The van der Waals surface area contributed by atoms with Crippen LogP contribution in [0.1, 0.15) is 22.8 Å². The summed E-state index contributed by atoms with van der Waals surface area (Å²) in [5.74, 6) is 0.197. The third-order valence-corrected chi connectivity index (χ3v) is 3.03. The zero-order chi connectivity index (χ0) is 12.3. The molecule has 3 heteroatoms. The van der Waals surface area contributed by atoms with E-state index in [-0.39, 0.29) is 11.9 Å². The molecule has 1 atom stereocenters. The van der Waals surface area contributed by atoms with Crippen molar-refractivity contribution in [3.63, 3.8) is 0 Å². The highest BCUT2D eigenvalue weighted by molar-refractivity contribution is 5.97. The van der Waals surface area contributed by atoms with E-state index in [9.17, 15) is 4.79 Å². The van der Waals surface area contributed by atoms with Crippen LogP contribution in [0.15, 0.2) is 24.3 Å². The van der Waals surface area contributed by atoms with Crippen LogP contribution in [0.3, 0.4) is 0 Å². The van der Waals surface area contributed by atoms with Crippen molar-refractivity contribution in [2.75, 3.05) is 26.2 Å². The molecule has 1 aromatic carbocycles. The minimum absolute atomic E-state index is 0.197. The Hall–Kier alpha value is -1.19. The summed E-state index contributed by atoms with van der Waals surface area (Å²) in [5, 5.41) is 0. The highest BCUT2D eigenvalue weighted by Gasteiger charge is 2.19. The first-order valence-corrected chi connectivity index (χ1v) is 6.09. The fourth-order valence-corrected chi connectivity index (χ4v) is 2.15. The van der Waals surface area contributed by atoms with Crippen LogP contribution in [-0.2, 0) is 4.74 Å². The molecule has 2 rings (SSSR count). The highest BCUT2D eigenvalue weighted by atomic mass is 16.5. The molecular weight excluding hydrogens is 214 g/mol. The molecule has 1 saturated heterocycles. The van der Waals surface area contributed by atoms with Crippen LogP contribution in [0.5, 0.6) is 0 Å². The lowest BCUT2D eigenvalue weighted by molar-refractivity contribution is -0.0158. The molecule has 1 unspecified atom stereocenters. The van der Waals surface area contributed by atoms with Crippen LogP contribution in [0.25, 0.3) is 0 Å². The van der Waals surface area contributed by atoms with E-state index in [0.29, 0.717) is 6.54 Å². The predicted octanol–water partition coefficient (Wildman–Crippen LogP) is 1.90. The lowest BCUT2D eigenvalue weighted by atomic mass is 10.1. The first-order valence-electron chi connectivity index (χ1n) is 6.09. The monoisotopic (exact) mass is 233 g/mol. The lowest BCUT2D eigenvalue weighted by Gasteiger charge is -2.30. The summed E-state index contributed by atoms with van der Waals surface area (Å²) in [7, 11) is 0. The van der Waals surface area contributed by atoms with Crippen molar-refractivity contribution in [1.29, 1.82) is 0 Å². The molecule has 0 amide bonds. The fraction of sp³-hybridized carbons (Fsp3) is 0.500. The Morgan fingerprint density at radius 2 is 2.35 bits per heavy atom. The molecule has 0 aliphatic carbocycles. The van der Waals surface area contributed by atoms with E-state index in [4.69, 9.17) is 4.74 Å². The van der Waals surface area contributed by atoms with Gasteiger partial charge in [0.2, 0.25) is 0 Å². The molecular formula is C14H19NO2. The maximum Gasteiger partial charge on any atom is 0.176 e. The summed E-state index contributed by atoms with van der Waals surface area (Å²) >= 11 is 0. The van der Waals surface area contributed by atoms with E-state index < -0.39 is 0 Å². The van der Waals surface area contributed by atoms with Crippen molar-refractivity contribution >= 4 is 5.78 Å². The minimum Gasteiger partial charge on any atom is -0.376 e. The Morgan fingerprint density at radius 1 is 1.53 bits per heavy atom. The number of ketones is 1. The molecule has 0 bridgehead atoms. The zero-order valence-electron chi connectivity index (χ0n) is 10.5. The van der Waals surface area contributed by atoms with Gasteiger partial charge in [-0.05, 0) is 19.9 Å². The van der Waals surface area contributed by atoms with E-state index in [0.717, 1.165) is 30.8 Å². The summed E-state index contributed by atoms with van der Waals surface area (Å²) < 4.78 is 5.46. The van der Waals surface area contributed by atoms with Gasteiger partial charge in [-0.25, -0.2) is 0 Å². The average Bonchev–Trinajstić information content (AvgIpc) is 2.29. The summed E-state index contributed by atoms with van der Waals surface area (Å²) in [6, 6.07) is 7.78. The quantitative estimate of drug-likeness (QED) is 0.747. The molecule has 3 nitrogen and oxygen atoms in total. The van der Waals surface area contributed by atoms with Crippen LogP contribution in [-0.4, -0.2) is 43.0 Å². The number of nitrogens with zero attached hydrogens (tertiary/aromatic N) is 1. The molecule has 1 aliphatic rings. The van der Waals surface area contributed by atoms with Crippen LogP contribution >= 0.6 is 0 Å². The van der Waals surface area contributed by atoms with E-state index in [1.165, 1.54) is 0 Å². The van der Waals surface area contributed by atoms with Crippen LogP contribution in [0.2, 0.25) is 0 Å². The number of carbonyl (C=O) groups excluding carboxylic acids is 1. The van der Waals surface area contributed by atoms with E-state index in [2.05, 4.69) is 4.90 Å². The van der Waals surface area contributed by atoms with Crippen molar-refractivity contribution in [1.82, 2.24) is 4.90 Å². The third kappa shape index (κ3) is 3.38. The largest absolute Gasteiger partial charge is 0.376 e. The topological polar surface area (TPSA) is 29.5 Å². The number of ether oxygens (including phenoxy) is 1. The maximum absolute atomic E-state index is 12.1. The molecule has 0 saturated carbocycles. The summed E-state index contributed by atoms with van der Waals surface area (Å²) in [5.41, 5.74) is 1.94. The number of hydrogen-bond donors (Lipinski definition) is 0. The van der Waals surface area contributed by atoms with E-state index in [1.807, 2.05) is 38.1 Å². The summed E-state index contributed by atoms with van der Waals surface area (Å²) in [6.45, 7) is 6.97. The first kappa shape index (κ1) is 12.3. The Morgan fingerprint density at radius 3 is 3.06 bits per heavy atom. The SMILES string of the molecule is Cc1cccc(C(=O)CN2CCOC(C)C2)c1. The van der Waals surface area contributed by atoms with Gasteiger partial charge in [0.1, 0.15) is 0 Å². The molecule has 1 fully saturated rings. The lowest BCUT2D eigenvalue weighted by Crippen LogP contribution is -2.43. The van der Waals surface area contributed by atoms with Crippen molar-refractivity contribution in [2.45, 2.75) is 20.0 Å². The van der Waals surface area contributed by atoms with Crippen molar-refractivity contribution in [3.8, 4) is 0 Å². The van der Waals surface area contributed by atoms with Gasteiger partial charge in [-0.3, -0.25) is 9.69 Å². The maximum atomic E-state index is 12.1. The molecule has 92 valence electrons. The number of rotatable bonds is 3. The van der Waals surface area contributed by atoms with Gasteiger partial charge in [0, 0.05) is 18.7 Å². The smallest absolute Gasteiger partial charge is 0.176 e. The molecule has 0 spiro atoms. The predicted molar refractivity (Wildman–Crippen MR) is 67.4 cm³/mol. The molecule has 1 aromatic rings. The normalized spacial score (nSPS) is 21.4. The first-order chi connectivity index (χ1) is 8.15. The molecule has 0 radical (unpaired) electrons. The molecule has 0 N–H and O–H groups in total. The second-order valence-corrected chi connectivity index (χ2v) is 4.71. The van der Waals surface area contributed by atoms with Gasteiger partial charge >= 0.3 is 0 Å². The number of Topliss-reactive ketones (excluding diaryl/α,β-unsaturated/α-hetero) is 1. The summed E-state index contributed by atoms with van der Waals surface area (Å²) in [4.78, 5) is 14.3. The minimum atomic E-state index is 0.197. The second-order valence-electron chi connectivity index (χ2n) is 4.71. The number of hydrogen-bond acceptors (Lipinski definition) is 3. The molecule has 17 heavy (non-hydrogen) atoms. The zero-order valence-corrected chi connectivity index (χ0v) is 10.5. The van der Waals surface area contributed by atoms with Crippen LogP contribution in [0, 0.1) is 6.92 Å². The van der Waals surface area contributed by atoms with Gasteiger partial charge in [0.15, 0.2) is 5.78 Å². The molecule has 1 heterocycles. The third-order valence-electron chi connectivity index (χ3n) is 3.03. The van der Waals surface area contributed by atoms with Crippen molar-refractivity contribution in [3.05, 3.63) is 35.4 Å². The van der Waals surface area contributed by atoms with Crippen LogP contribution in [0.4, 0.5) is 0 Å². The van der Waals surface area contributed by atoms with Gasteiger partial charge in [-0.1, -0.05) is 23.8 Å². The van der Waals surface area contributed by atoms with Gasteiger partial charge in [-0.15, -0.1) is 0 Å². The van der Waals surface area contributed by atoms with Crippen LogP contribution < -0.4 is 0 Å². The fourth-order valence-electron chi connectivity index (χ4n) is 2.15. The standard InChI is InChI=1S/C14H19NO2/c1-11-4-3-5-13(8-11)14(16)10-15-6-7-17-12(2)9-15/h3-5,8,12H,6-7,9-10H2,1-2H3. The number of carbonyl (C=O) groups is 1. The Bertz CT molecular complexity index is 403. The van der Waals surface area contributed by atoms with Crippen molar-refractivity contribution < 1.29 is 9.53 Å². The molecule has 1 aliphatic heterocycles. The Labute approximate surface area is 102 Å². The van der Waals surface area contributed by atoms with Gasteiger partial charge < -0.3 is 4.74 Å². The van der Waals surface area contributed by atoms with Gasteiger partial charge in [0.05, 0.1) is 19.3 Å². The van der Waals surface area contributed by atoms with Gasteiger partial charge in [-0.2, -0.15) is 0 Å². The van der Waals surface area contributed by atoms with Crippen molar-refractivity contribution in [2.24, 2.45) is 0 Å². The van der Waals surface area contributed by atoms with E-state index >= 15 is 0 Å².